The Labute approximate surface area is 161 Å². The maximum Gasteiger partial charge on any atom is 0.243 e. The van der Waals surface area contributed by atoms with Crippen LogP contribution < -0.4 is 0 Å². The lowest BCUT2D eigenvalue weighted by Gasteiger charge is -2.58. The maximum absolute atomic E-state index is 13.3. The van der Waals surface area contributed by atoms with Crippen LogP contribution in [0.1, 0.15) is 16.7 Å². The van der Waals surface area contributed by atoms with Crippen LogP contribution in [0, 0.1) is 26.2 Å². The van der Waals surface area contributed by atoms with E-state index < -0.39 is 10.0 Å². The summed E-state index contributed by atoms with van der Waals surface area (Å²) in [6, 6.07) is 8.94. The Balaban J connectivity index is 1.71. The average Bonchev–Trinajstić information content (AvgIpc) is 2.50. The predicted molar refractivity (Wildman–Crippen MR) is 106 cm³/mol. The molecule has 2 fully saturated rings. The van der Waals surface area contributed by atoms with Crippen LogP contribution in [-0.4, -0.2) is 56.0 Å². The molecule has 0 bridgehead atoms. The molecule has 0 unspecified atom stereocenters. The molecule has 2 aliphatic heterocycles. The molecule has 2 aromatic rings. The highest BCUT2D eigenvalue weighted by atomic mass is 32.2. The molecule has 0 amide bonds. The van der Waals surface area contributed by atoms with E-state index in [1.807, 2.05) is 32.9 Å². The number of hydrogen-bond donors (Lipinski definition) is 1. The average molecular weight is 387 g/mol. The third-order valence-electron chi connectivity index (χ3n) is 5.87. The number of phenolic OH excluding ortho intramolecular Hbond substituents is 1. The van der Waals surface area contributed by atoms with Gasteiger partial charge in [-0.2, -0.15) is 4.31 Å². The van der Waals surface area contributed by atoms with Crippen molar-refractivity contribution in [2.45, 2.75) is 25.7 Å². The molecule has 0 radical (unpaired) electrons. The molecule has 2 saturated heterocycles. The molecule has 2 aliphatic rings. The summed E-state index contributed by atoms with van der Waals surface area (Å²) < 4.78 is 28.1. The van der Waals surface area contributed by atoms with Crippen molar-refractivity contribution in [3.63, 3.8) is 0 Å². The van der Waals surface area contributed by atoms with E-state index in [0.717, 1.165) is 40.9 Å². The highest BCUT2D eigenvalue weighted by Gasteiger charge is 2.54. The van der Waals surface area contributed by atoms with Gasteiger partial charge in [-0.3, -0.25) is 0 Å². The van der Waals surface area contributed by atoms with Crippen LogP contribution in [0.15, 0.2) is 35.2 Å². The molecule has 6 heteroatoms. The first-order chi connectivity index (χ1) is 12.6. The van der Waals surface area contributed by atoms with E-state index >= 15 is 0 Å². The number of likely N-dealkylation sites (tertiary alicyclic amines) is 1. The first kappa shape index (κ1) is 18.5. The van der Waals surface area contributed by atoms with E-state index in [-0.39, 0.29) is 11.2 Å². The quantitative estimate of drug-likeness (QED) is 0.881. The van der Waals surface area contributed by atoms with Crippen LogP contribution in [0.5, 0.6) is 5.75 Å². The summed E-state index contributed by atoms with van der Waals surface area (Å²) >= 11 is 0. The number of benzene rings is 2. The van der Waals surface area contributed by atoms with Gasteiger partial charge in [-0.25, -0.2) is 8.42 Å². The van der Waals surface area contributed by atoms with E-state index in [1.165, 1.54) is 0 Å². The van der Waals surface area contributed by atoms with Gasteiger partial charge in [0.25, 0.3) is 0 Å². The van der Waals surface area contributed by atoms with Crippen LogP contribution in [0.2, 0.25) is 0 Å². The van der Waals surface area contributed by atoms with Crippen molar-refractivity contribution in [3.8, 4) is 16.9 Å². The standard InChI is InChI=1S/C21H26N2O3S/c1-14-7-16(3)20(9-19(14)18-6-5-17(24)8-15(18)2)27(25,26)23-12-21(13-23)10-22(4)11-21/h5-9,24H,10-13H2,1-4H3. The fraction of sp³-hybridized carbons (Fsp3) is 0.429. The topological polar surface area (TPSA) is 60.9 Å². The highest BCUT2D eigenvalue weighted by Crippen LogP contribution is 2.42. The molecule has 5 nitrogen and oxygen atoms in total. The molecule has 0 aromatic heterocycles. The Morgan fingerprint density at radius 1 is 0.889 bits per heavy atom. The molecule has 0 atom stereocenters. The number of rotatable bonds is 3. The second-order valence-electron chi connectivity index (χ2n) is 8.38. The second-order valence-corrected chi connectivity index (χ2v) is 10.3. The largest absolute Gasteiger partial charge is 0.508 e. The summed E-state index contributed by atoms with van der Waals surface area (Å²) in [5.74, 6) is 0.213. The van der Waals surface area contributed by atoms with E-state index in [9.17, 15) is 13.5 Å². The minimum Gasteiger partial charge on any atom is -0.508 e. The van der Waals surface area contributed by atoms with E-state index in [0.29, 0.717) is 18.0 Å². The normalized spacial score (nSPS) is 19.7. The SMILES string of the molecule is Cc1cc(O)ccc1-c1cc(S(=O)(=O)N2CC3(CN(C)C3)C2)c(C)cc1C. The first-order valence-electron chi connectivity index (χ1n) is 9.21. The summed E-state index contributed by atoms with van der Waals surface area (Å²) in [5, 5.41) is 9.68. The molecule has 4 rings (SSSR count). The lowest BCUT2D eigenvalue weighted by molar-refractivity contribution is -0.0672. The molecule has 2 aromatic carbocycles. The molecule has 1 N–H and O–H groups in total. The minimum atomic E-state index is -3.50. The Hall–Kier alpha value is -1.89. The van der Waals surface area contributed by atoms with Crippen molar-refractivity contribution in [3.05, 3.63) is 47.0 Å². The van der Waals surface area contributed by atoms with E-state index in [2.05, 4.69) is 11.9 Å². The van der Waals surface area contributed by atoms with Crippen molar-refractivity contribution in [2.24, 2.45) is 5.41 Å². The summed E-state index contributed by atoms with van der Waals surface area (Å²) in [7, 11) is -1.43. The highest BCUT2D eigenvalue weighted by molar-refractivity contribution is 7.89. The Bertz CT molecular complexity index is 1020. The minimum absolute atomic E-state index is 0.163. The monoisotopic (exact) mass is 386 g/mol. The van der Waals surface area contributed by atoms with Gasteiger partial charge in [-0.15, -0.1) is 0 Å². The van der Waals surface area contributed by atoms with E-state index in [1.54, 1.807) is 22.5 Å². The third kappa shape index (κ3) is 2.96. The summed E-state index contributed by atoms with van der Waals surface area (Å²) in [4.78, 5) is 2.62. The molecule has 0 saturated carbocycles. The van der Waals surface area contributed by atoms with Crippen molar-refractivity contribution in [1.29, 1.82) is 0 Å². The molecule has 27 heavy (non-hydrogen) atoms. The van der Waals surface area contributed by atoms with Gasteiger partial charge in [0.1, 0.15) is 5.75 Å². The Morgan fingerprint density at radius 3 is 2.11 bits per heavy atom. The zero-order valence-electron chi connectivity index (χ0n) is 16.3. The van der Waals surface area contributed by atoms with Crippen LogP contribution in [0.3, 0.4) is 0 Å². The summed E-state index contributed by atoms with van der Waals surface area (Å²) in [5.41, 5.74) is 4.74. The fourth-order valence-electron chi connectivity index (χ4n) is 4.66. The van der Waals surface area contributed by atoms with Crippen molar-refractivity contribution < 1.29 is 13.5 Å². The van der Waals surface area contributed by atoms with Crippen LogP contribution >= 0.6 is 0 Å². The van der Waals surface area contributed by atoms with Gasteiger partial charge in [-0.05, 0) is 73.8 Å². The molecule has 1 spiro atoms. The third-order valence-corrected chi connectivity index (χ3v) is 7.81. The molecule has 0 aliphatic carbocycles. The zero-order chi connectivity index (χ0) is 19.6. The van der Waals surface area contributed by atoms with Crippen LogP contribution in [0.25, 0.3) is 11.1 Å². The summed E-state index contributed by atoms with van der Waals surface area (Å²) in [6.45, 7) is 8.96. The van der Waals surface area contributed by atoms with Gasteiger partial charge in [0.05, 0.1) is 4.90 Å². The lowest BCUT2D eigenvalue weighted by atomic mass is 9.75. The van der Waals surface area contributed by atoms with Crippen molar-refractivity contribution >= 4 is 10.0 Å². The van der Waals surface area contributed by atoms with Crippen molar-refractivity contribution in [2.75, 3.05) is 33.2 Å². The zero-order valence-corrected chi connectivity index (χ0v) is 17.1. The van der Waals surface area contributed by atoms with Gasteiger partial charge in [0, 0.05) is 31.6 Å². The smallest absolute Gasteiger partial charge is 0.243 e. The van der Waals surface area contributed by atoms with Gasteiger partial charge in [0.2, 0.25) is 10.0 Å². The lowest BCUT2D eigenvalue weighted by Crippen LogP contribution is -2.71. The van der Waals surface area contributed by atoms with Crippen LogP contribution in [-0.2, 0) is 10.0 Å². The first-order valence-corrected chi connectivity index (χ1v) is 10.7. The molecule has 2 heterocycles. The predicted octanol–water partition coefficient (Wildman–Crippen LogP) is 2.92. The summed E-state index contributed by atoms with van der Waals surface area (Å²) in [6.07, 6.45) is 0. The van der Waals surface area contributed by atoms with Gasteiger partial charge in [0.15, 0.2) is 0 Å². The molecular formula is C21H26N2O3S. The van der Waals surface area contributed by atoms with Gasteiger partial charge in [-0.1, -0.05) is 12.1 Å². The number of phenols is 1. The van der Waals surface area contributed by atoms with E-state index in [4.69, 9.17) is 0 Å². The van der Waals surface area contributed by atoms with Crippen LogP contribution in [0.4, 0.5) is 0 Å². The molecular weight excluding hydrogens is 360 g/mol. The molecule has 144 valence electrons. The van der Waals surface area contributed by atoms with Gasteiger partial charge >= 0.3 is 0 Å². The number of hydrogen-bond acceptors (Lipinski definition) is 4. The Morgan fingerprint density at radius 2 is 1.52 bits per heavy atom. The number of aryl methyl sites for hydroxylation is 3. The number of aromatic hydroxyl groups is 1. The number of nitrogens with zero attached hydrogens (tertiary/aromatic N) is 2. The fourth-order valence-corrected chi connectivity index (χ4v) is 6.56. The maximum atomic E-state index is 13.3. The Kier molecular flexibility index (Phi) is 4.14. The van der Waals surface area contributed by atoms with Gasteiger partial charge < -0.3 is 10.0 Å². The van der Waals surface area contributed by atoms with Crippen molar-refractivity contribution in [1.82, 2.24) is 9.21 Å². The second kappa shape index (κ2) is 6.06. The number of sulfonamides is 1.